The number of alkyl halides is 3. The Balaban J connectivity index is 2.07. The number of thiophene rings is 1. The molecule has 2 aromatic rings. The standard InChI is InChI=1S/C15H14F3NO2S/c1-14(21,12-5-6-22-8-12)9-19-13(20)10-3-2-4-11(7-10)15(16,17)18/h2-8,21H,9H2,1H3,(H,19,20). The van der Waals surface area contributed by atoms with E-state index in [2.05, 4.69) is 5.32 Å². The molecule has 0 spiro atoms. The largest absolute Gasteiger partial charge is 0.416 e. The van der Waals surface area contributed by atoms with Crippen LogP contribution >= 0.6 is 11.3 Å². The van der Waals surface area contributed by atoms with Crippen molar-refractivity contribution in [3.63, 3.8) is 0 Å². The normalized spacial score (nSPS) is 14.4. The lowest BCUT2D eigenvalue weighted by atomic mass is 9.99. The molecule has 1 atom stereocenters. The van der Waals surface area contributed by atoms with Crippen molar-refractivity contribution in [3.8, 4) is 0 Å². The number of amides is 1. The van der Waals surface area contributed by atoms with Gasteiger partial charge in [-0.3, -0.25) is 4.79 Å². The third-order valence-corrected chi connectivity index (χ3v) is 3.87. The van der Waals surface area contributed by atoms with Gasteiger partial charge in [-0.15, -0.1) is 0 Å². The molecular weight excluding hydrogens is 315 g/mol. The van der Waals surface area contributed by atoms with Gasteiger partial charge in [0, 0.05) is 5.56 Å². The van der Waals surface area contributed by atoms with E-state index in [4.69, 9.17) is 0 Å². The van der Waals surface area contributed by atoms with Gasteiger partial charge in [-0.25, -0.2) is 0 Å². The molecule has 1 heterocycles. The quantitative estimate of drug-likeness (QED) is 0.903. The lowest BCUT2D eigenvalue weighted by molar-refractivity contribution is -0.137. The molecule has 1 unspecified atom stereocenters. The van der Waals surface area contributed by atoms with E-state index in [-0.39, 0.29) is 12.1 Å². The zero-order valence-corrected chi connectivity index (χ0v) is 12.5. The van der Waals surface area contributed by atoms with Crippen molar-refractivity contribution >= 4 is 17.2 Å². The molecule has 118 valence electrons. The van der Waals surface area contributed by atoms with Crippen LogP contribution in [-0.2, 0) is 11.8 Å². The number of hydrogen-bond acceptors (Lipinski definition) is 3. The first-order chi connectivity index (χ1) is 10.2. The van der Waals surface area contributed by atoms with Gasteiger partial charge in [0.05, 0.1) is 12.1 Å². The molecule has 7 heteroatoms. The molecule has 1 aromatic carbocycles. The van der Waals surface area contributed by atoms with E-state index in [0.717, 1.165) is 12.1 Å². The Bertz CT molecular complexity index is 651. The number of carbonyl (C=O) groups excluding carboxylic acids is 1. The lowest BCUT2D eigenvalue weighted by Crippen LogP contribution is -2.38. The number of rotatable bonds is 4. The van der Waals surface area contributed by atoms with Crippen molar-refractivity contribution in [2.24, 2.45) is 0 Å². The summed E-state index contributed by atoms with van der Waals surface area (Å²) in [5.74, 6) is -0.665. The maximum atomic E-state index is 12.6. The third-order valence-electron chi connectivity index (χ3n) is 3.19. The number of carbonyl (C=O) groups is 1. The highest BCUT2D eigenvalue weighted by atomic mass is 32.1. The maximum Gasteiger partial charge on any atom is 0.416 e. The van der Waals surface area contributed by atoms with Crippen molar-refractivity contribution in [1.29, 1.82) is 0 Å². The Kier molecular flexibility index (Phi) is 4.58. The molecular formula is C15H14F3NO2S. The van der Waals surface area contributed by atoms with Crippen LogP contribution in [0.2, 0.25) is 0 Å². The Labute approximate surface area is 129 Å². The molecule has 0 fully saturated rings. The molecule has 0 aliphatic rings. The average molecular weight is 329 g/mol. The fourth-order valence-corrected chi connectivity index (χ4v) is 2.65. The minimum absolute atomic E-state index is 0.0984. The summed E-state index contributed by atoms with van der Waals surface area (Å²) < 4.78 is 37.9. The molecule has 2 rings (SSSR count). The molecule has 0 bridgehead atoms. The highest BCUT2D eigenvalue weighted by Crippen LogP contribution is 2.29. The third kappa shape index (κ3) is 3.86. The van der Waals surface area contributed by atoms with Crippen LogP contribution in [0.15, 0.2) is 41.1 Å². The van der Waals surface area contributed by atoms with Crippen LogP contribution in [0.25, 0.3) is 0 Å². The molecule has 0 aliphatic heterocycles. The summed E-state index contributed by atoms with van der Waals surface area (Å²) in [4.78, 5) is 12.0. The maximum absolute atomic E-state index is 12.6. The second kappa shape index (κ2) is 6.10. The summed E-state index contributed by atoms with van der Waals surface area (Å²) in [6.07, 6.45) is -4.50. The first-order valence-electron chi connectivity index (χ1n) is 6.41. The first kappa shape index (κ1) is 16.5. The van der Waals surface area contributed by atoms with Gasteiger partial charge in [0.1, 0.15) is 5.60 Å². The lowest BCUT2D eigenvalue weighted by Gasteiger charge is -2.22. The zero-order chi connectivity index (χ0) is 16.4. The van der Waals surface area contributed by atoms with Crippen LogP contribution in [-0.4, -0.2) is 17.6 Å². The molecule has 0 saturated heterocycles. The molecule has 1 aromatic heterocycles. The van der Waals surface area contributed by atoms with Crippen molar-refractivity contribution < 1.29 is 23.1 Å². The monoisotopic (exact) mass is 329 g/mol. The fraction of sp³-hybridized carbons (Fsp3) is 0.267. The van der Waals surface area contributed by atoms with Crippen LogP contribution in [0.1, 0.15) is 28.4 Å². The first-order valence-corrected chi connectivity index (χ1v) is 7.35. The van der Waals surface area contributed by atoms with E-state index in [0.29, 0.717) is 5.56 Å². The van der Waals surface area contributed by atoms with E-state index in [1.54, 1.807) is 16.8 Å². The Morgan fingerprint density at radius 2 is 2.00 bits per heavy atom. The van der Waals surface area contributed by atoms with Gasteiger partial charge in [-0.1, -0.05) is 6.07 Å². The van der Waals surface area contributed by atoms with Gasteiger partial charge in [0.15, 0.2) is 0 Å². The van der Waals surface area contributed by atoms with Gasteiger partial charge < -0.3 is 10.4 Å². The molecule has 0 aliphatic carbocycles. The van der Waals surface area contributed by atoms with E-state index >= 15 is 0 Å². The highest BCUT2D eigenvalue weighted by molar-refractivity contribution is 7.08. The smallest absolute Gasteiger partial charge is 0.384 e. The minimum Gasteiger partial charge on any atom is -0.384 e. The molecule has 2 N–H and O–H groups in total. The van der Waals surface area contributed by atoms with E-state index in [1.807, 2.05) is 0 Å². The van der Waals surface area contributed by atoms with E-state index in [1.165, 1.54) is 30.4 Å². The Hall–Kier alpha value is -1.86. The summed E-state index contributed by atoms with van der Waals surface area (Å²) in [6, 6.07) is 5.88. The Morgan fingerprint density at radius 1 is 1.27 bits per heavy atom. The predicted molar refractivity (Wildman–Crippen MR) is 77.7 cm³/mol. The summed E-state index contributed by atoms with van der Waals surface area (Å²) >= 11 is 1.40. The average Bonchev–Trinajstić information content (AvgIpc) is 2.99. The zero-order valence-electron chi connectivity index (χ0n) is 11.6. The van der Waals surface area contributed by atoms with Crippen LogP contribution < -0.4 is 5.32 Å². The van der Waals surface area contributed by atoms with Gasteiger partial charge >= 0.3 is 6.18 Å². The molecule has 3 nitrogen and oxygen atoms in total. The molecule has 0 saturated carbocycles. The number of aliphatic hydroxyl groups is 1. The van der Waals surface area contributed by atoms with Crippen molar-refractivity contribution in [2.75, 3.05) is 6.54 Å². The predicted octanol–water partition coefficient (Wildman–Crippen LogP) is 3.40. The molecule has 22 heavy (non-hydrogen) atoms. The van der Waals surface area contributed by atoms with Crippen molar-refractivity contribution in [1.82, 2.24) is 5.32 Å². The summed E-state index contributed by atoms with van der Waals surface area (Å²) in [6.45, 7) is 1.43. The molecule has 0 radical (unpaired) electrons. The van der Waals surface area contributed by atoms with Gasteiger partial charge in [0.2, 0.25) is 0 Å². The van der Waals surface area contributed by atoms with Gasteiger partial charge in [-0.05, 0) is 47.5 Å². The second-order valence-corrected chi connectivity index (χ2v) is 5.83. The minimum atomic E-state index is -4.50. The number of halogens is 3. The highest BCUT2D eigenvalue weighted by Gasteiger charge is 2.31. The van der Waals surface area contributed by atoms with E-state index in [9.17, 15) is 23.1 Å². The van der Waals surface area contributed by atoms with Crippen molar-refractivity contribution in [3.05, 3.63) is 57.8 Å². The van der Waals surface area contributed by atoms with Gasteiger partial charge in [0.25, 0.3) is 5.91 Å². The number of benzene rings is 1. The SMILES string of the molecule is CC(O)(CNC(=O)c1cccc(C(F)(F)F)c1)c1ccsc1. The molecule has 1 amide bonds. The van der Waals surface area contributed by atoms with Crippen molar-refractivity contribution in [2.45, 2.75) is 18.7 Å². The van der Waals surface area contributed by atoms with Crippen LogP contribution in [0.3, 0.4) is 0 Å². The van der Waals surface area contributed by atoms with Crippen LogP contribution in [0, 0.1) is 0 Å². The van der Waals surface area contributed by atoms with Crippen LogP contribution in [0.5, 0.6) is 0 Å². The van der Waals surface area contributed by atoms with Crippen LogP contribution in [0.4, 0.5) is 13.2 Å². The summed E-state index contributed by atoms with van der Waals surface area (Å²) in [5.41, 5.74) is -1.63. The number of nitrogens with one attached hydrogen (secondary N) is 1. The van der Waals surface area contributed by atoms with Gasteiger partial charge in [-0.2, -0.15) is 24.5 Å². The summed E-state index contributed by atoms with van der Waals surface area (Å²) in [5, 5.41) is 16.3. The second-order valence-electron chi connectivity index (χ2n) is 5.05. The number of hydrogen-bond donors (Lipinski definition) is 2. The van der Waals surface area contributed by atoms with E-state index < -0.39 is 23.2 Å². The summed E-state index contributed by atoms with van der Waals surface area (Å²) in [7, 11) is 0. The fourth-order valence-electron chi connectivity index (χ4n) is 1.86. The topological polar surface area (TPSA) is 49.3 Å². The Morgan fingerprint density at radius 3 is 2.59 bits per heavy atom.